The number of thiophene rings is 1. The summed E-state index contributed by atoms with van der Waals surface area (Å²) in [6.07, 6.45) is 3.20. The number of halogens is 1. The molecule has 3 aromatic rings. The van der Waals surface area contributed by atoms with Gasteiger partial charge in [0.2, 0.25) is 0 Å². The van der Waals surface area contributed by atoms with Crippen LogP contribution in [0.15, 0.2) is 22.7 Å². The highest BCUT2D eigenvalue weighted by Gasteiger charge is 2.20. The fraction of sp³-hybridized carbons (Fsp3) is 0.214. The van der Waals surface area contributed by atoms with Gasteiger partial charge in [0.05, 0.1) is 14.9 Å². The van der Waals surface area contributed by atoms with Crippen molar-refractivity contribution in [1.29, 1.82) is 0 Å². The van der Waals surface area contributed by atoms with Gasteiger partial charge in [0.15, 0.2) is 16.6 Å². The fourth-order valence-corrected chi connectivity index (χ4v) is 4.39. The Morgan fingerprint density at radius 3 is 3.00 bits per heavy atom. The van der Waals surface area contributed by atoms with Crippen LogP contribution in [0.25, 0.3) is 10.6 Å². The predicted molar refractivity (Wildman–Crippen MR) is 86.9 cm³/mol. The normalized spacial score (nSPS) is 13.3. The van der Waals surface area contributed by atoms with Crippen LogP contribution in [-0.4, -0.2) is 16.0 Å². The molecular weight excluding hydrogens is 342 g/mol. The van der Waals surface area contributed by atoms with Crippen molar-refractivity contribution in [3.05, 3.63) is 38.8 Å². The number of rotatable bonds is 3. The zero-order valence-corrected chi connectivity index (χ0v) is 13.6. The zero-order valence-electron chi connectivity index (χ0n) is 11.3. The van der Waals surface area contributed by atoms with E-state index in [1.165, 1.54) is 27.6 Å². The lowest BCUT2D eigenvalue weighted by Crippen LogP contribution is -2.12. The summed E-state index contributed by atoms with van der Waals surface area (Å²) in [6.45, 7) is 0. The molecule has 0 atom stereocenters. The molecule has 3 aromatic heterocycles. The van der Waals surface area contributed by atoms with Gasteiger partial charge in [-0.15, -0.1) is 22.7 Å². The summed E-state index contributed by atoms with van der Waals surface area (Å²) < 4.78 is 5.87. The number of nitrogens with zero attached hydrogens (tertiary/aromatic N) is 2. The van der Waals surface area contributed by atoms with E-state index in [4.69, 9.17) is 16.1 Å². The zero-order chi connectivity index (χ0) is 15.1. The highest BCUT2D eigenvalue weighted by atomic mass is 35.5. The number of nitrogens with one attached hydrogen (secondary N) is 1. The molecular formula is C14H10ClN3O2S2. The van der Waals surface area contributed by atoms with E-state index in [0.717, 1.165) is 29.8 Å². The number of thiazole rings is 1. The van der Waals surface area contributed by atoms with Gasteiger partial charge in [0.25, 0.3) is 5.91 Å². The Morgan fingerprint density at radius 1 is 1.32 bits per heavy atom. The van der Waals surface area contributed by atoms with Crippen LogP contribution in [-0.2, 0) is 12.8 Å². The first-order valence-electron chi connectivity index (χ1n) is 6.71. The van der Waals surface area contributed by atoms with Crippen LogP contribution in [0.4, 0.5) is 5.13 Å². The maximum Gasteiger partial charge on any atom is 0.279 e. The van der Waals surface area contributed by atoms with Crippen LogP contribution >= 0.6 is 34.3 Å². The highest BCUT2D eigenvalue weighted by Crippen LogP contribution is 2.32. The minimum absolute atomic E-state index is 0.231. The number of carbonyl (C=O) groups is 1. The molecule has 0 unspecified atom stereocenters. The lowest BCUT2D eigenvalue weighted by Gasteiger charge is -1.96. The molecule has 1 amide bonds. The van der Waals surface area contributed by atoms with Crippen LogP contribution < -0.4 is 5.32 Å². The van der Waals surface area contributed by atoms with Crippen molar-refractivity contribution in [1.82, 2.24) is 10.1 Å². The SMILES string of the molecule is O=C(Nc1nc2c(s1)CCC2)c1cc(-c2ccc(Cl)s2)on1. The Bertz CT molecular complexity index is 831. The Hall–Kier alpha value is -1.70. The molecule has 0 bridgehead atoms. The molecule has 22 heavy (non-hydrogen) atoms. The summed E-state index contributed by atoms with van der Waals surface area (Å²) in [7, 11) is 0. The summed E-state index contributed by atoms with van der Waals surface area (Å²) >= 11 is 8.80. The molecule has 0 saturated heterocycles. The first-order chi connectivity index (χ1) is 10.7. The van der Waals surface area contributed by atoms with Gasteiger partial charge < -0.3 is 4.52 Å². The Kier molecular flexibility index (Phi) is 3.48. The number of anilines is 1. The number of hydrogen-bond donors (Lipinski definition) is 1. The molecule has 112 valence electrons. The molecule has 1 aliphatic carbocycles. The number of aromatic nitrogens is 2. The van der Waals surface area contributed by atoms with E-state index in [1.54, 1.807) is 12.1 Å². The minimum Gasteiger partial charge on any atom is -0.355 e. The second-order valence-electron chi connectivity index (χ2n) is 4.88. The third kappa shape index (κ3) is 2.55. The molecule has 0 radical (unpaired) electrons. The van der Waals surface area contributed by atoms with Crippen molar-refractivity contribution < 1.29 is 9.32 Å². The van der Waals surface area contributed by atoms with Crippen LogP contribution in [0.3, 0.4) is 0 Å². The average molecular weight is 352 g/mol. The molecule has 8 heteroatoms. The highest BCUT2D eigenvalue weighted by molar-refractivity contribution is 7.19. The number of hydrogen-bond acceptors (Lipinski definition) is 6. The molecule has 1 aliphatic rings. The molecule has 3 heterocycles. The molecule has 1 N–H and O–H groups in total. The van der Waals surface area contributed by atoms with Crippen molar-refractivity contribution in [2.75, 3.05) is 5.32 Å². The quantitative estimate of drug-likeness (QED) is 0.765. The summed E-state index contributed by atoms with van der Waals surface area (Å²) in [4.78, 5) is 18.7. The first kappa shape index (κ1) is 13.9. The standard InChI is InChI=1S/C14H10ClN3O2S2/c15-12-5-4-11(21-12)9-6-8(18-20-9)13(19)17-14-16-7-2-1-3-10(7)22-14/h4-6H,1-3H2,(H,16,17,19). The van der Waals surface area contributed by atoms with E-state index >= 15 is 0 Å². The Balaban J connectivity index is 1.51. The number of aryl methyl sites for hydroxylation is 2. The predicted octanol–water partition coefficient (Wildman–Crippen LogP) is 4.25. The van der Waals surface area contributed by atoms with Crippen LogP contribution in [0.5, 0.6) is 0 Å². The van der Waals surface area contributed by atoms with E-state index in [9.17, 15) is 4.79 Å². The number of fused-ring (bicyclic) bond motifs is 1. The maximum absolute atomic E-state index is 12.2. The average Bonchev–Trinajstić information content (AvgIpc) is 3.19. The van der Waals surface area contributed by atoms with Crippen molar-refractivity contribution in [2.24, 2.45) is 0 Å². The molecule has 0 aromatic carbocycles. The van der Waals surface area contributed by atoms with Gasteiger partial charge in [-0.25, -0.2) is 4.98 Å². The molecule has 0 spiro atoms. The largest absolute Gasteiger partial charge is 0.355 e. The Morgan fingerprint density at radius 2 is 2.23 bits per heavy atom. The third-order valence-corrected chi connectivity index (χ3v) is 5.69. The first-order valence-corrected chi connectivity index (χ1v) is 8.72. The molecule has 0 fully saturated rings. The van der Waals surface area contributed by atoms with E-state index < -0.39 is 0 Å². The van der Waals surface area contributed by atoms with Crippen molar-refractivity contribution in [2.45, 2.75) is 19.3 Å². The summed E-state index contributed by atoms with van der Waals surface area (Å²) in [5, 5.41) is 7.22. The van der Waals surface area contributed by atoms with E-state index in [2.05, 4.69) is 15.5 Å². The second-order valence-corrected chi connectivity index (χ2v) is 7.68. The lowest BCUT2D eigenvalue weighted by molar-refractivity contribution is 0.101. The van der Waals surface area contributed by atoms with Gasteiger partial charge in [-0.3, -0.25) is 10.1 Å². The van der Waals surface area contributed by atoms with E-state index in [1.807, 2.05) is 6.07 Å². The van der Waals surface area contributed by atoms with Gasteiger partial charge in [0, 0.05) is 10.9 Å². The molecule has 5 nitrogen and oxygen atoms in total. The van der Waals surface area contributed by atoms with Crippen molar-refractivity contribution in [3.63, 3.8) is 0 Å². The van der Waals surface area contributed by atoms with Crippen molar-refractivity contribution >= 4 is 45.3 Å². The molecule has 0 aliphatic heterocycles. The molecule has 0 saturated carbocycles. The van der Waals surface area contributed by atoms with Crippen LogP contribution in [0.1, 0.15) is 27.5 Å². The van der Waals surface area contributed by atoms with Gasteiger partial charge in [-0.2, -0.15) is 0 Å². The van der Waals surface area contributed by atoms with Crippen LogP contribution in [0.2, 0.25) is 4.34 Å². The van der Waals surface area contributed by atoms with Gasteiger partial charge in [0.1, 0.15) is 0 Å². The van der Waals surface area contributed by atoms with Crippen LogP contribution in [0, 0.1) is 0 Å². The van der Waals surface area contributed by atoms with Gasteiger partial charge >= 0.3 is 0 Å². The van der Waals surface area contributed by atoms with E-state index in [0.29, 0.717) is 15.2 Å². The summed E-state index contributed by atoms with van der Waals surface area (Å²) in [5.74, 6) is 0.216. The molecule has 4 rings (SSSR count). The summed E-state index contributed by atoms with van der Waals surface area (Å²) in [6, 6.07) is 5.22. The van der Waals surface area contributed by atoms with E-state index in [-0.39, 0.29) is 11.6 Å². The smallest absolute Gasteiger partial charge is 0.279 e. The lowest BCUT2D eigenvalue weighted by atomic mass is 10.3. The maximum atomic E-state index is 12.2. The fourth-order valence-electron chi connectivity index (χ4n) is 2.35. The minimum atomic E-state index is -0.315. The van der Waals surface area contributed by atoms with Gasteiger partial charge in [-0.1, -0.05) is 16.8 Å². The monoisotopic (exact) mass is 351 g/mol. The Labute approximate surface area is 138 Å². The number of carbonyl (C=O) groups excluding carboxylic acids is 1. The third-order valence-electron chi connectivity index (χ3n) is 3.37. The summed E-state index contributed by atoms with van der Waals surface area (Å²) in [5.41, 5.74) is 1.34. The van der Waals surface area contributed by atoms with Gasteiger partial charge in [-0.05, 0) is 31.4 Å². The van der Waals surface area contributed by atoms with Crippen molar-refractivity contribution in [3.8, 4) is 10.6 Å². The second kappa shape index (κ2) is 5.49. The number of amides is 1. The topological polar surface area (TPSA) is 68.0 Å².